The molecular formula is C33H35N5O4. The van der Waals surface area contributed by atoms with E-state index in [-0.39, 0.29) is 18.4 Å². The average Bonchev–Trinajstić information content (AvgIpc) is 3.05. The first-order chi connectivity index (χ1) is 20.5. The number of hydrogen-bond acceptors (Lipinski definition) is 7. The molecule has 0 aliphatic heterocycles. The number of nitrogens with zero attached hydrogens (tertiary/aromatic N) is 5. The standard InChI is InChI=1S/C33H35N5O4/c1-37(21-22-41-2)33(40)30(23-25-9-5-4-6-10-25)38(32(39)19-17-28-16-18-31(42-3)36-35-28)24-26-12-14-27(15-13-26)29-11-7-8-20-34-29/h4-20,30H,21-24H2,1-3H3/b19-17+/t30-/m0/s1. The molecule has 0 fully saturated rings. The number of benzene rings is 2. The third kappa shape index (κ3) is 8.31. The number of aromatic nitrogens is 3. The summed E-state index contributed by atoms with van der Waals surface area (Å²) in [7, 11) is 4.83. The number of methoxy groups -OCH3 is 2. The minimum absolute atomic E-state index is 0.174. The molecule has 4 aromatic rings. The van der Waals surface area contributed by atoms with Crippen LogP contribution in [0.2, 0.25) is 0 Å². The van der Waals surface area contributed by atoms with Crippen molar-refractivity contribution in [1.82, 2.24) is 25.0 Å². The van der Waals surface area contributed by atoms with E-state index in [1.54, 1.807) is 48.4 Å². The lowest BCUT2D eigenvalue weighted by Crippen LogP contribution is -2.51. The van der Waals surface area contributed by atoms with Crippen LogP contribution < -0.4 is 4.74 Å². The highest BCUT2D eigenvalue weighted by Gasteiger charge is 2.31. The molecule has 0 radical (unpaired) electrons. The Bertz CT molecular complexity index is 1450. The average molecular weight is 566 g/mol. The van der Waals surface area contributed by atoms with Gasteiger partial charge in [0.1, 0.15) is 6.04 Å². The summed E-state index contributed by atoms with van der Waals surface area (Å²) in [6, 6.07) is 26.0. The van der Waals surface area contributed by atoms with Crippen molar-refractivity contribution >= 4 is 17.9 Å². The number of ether oxygens (including phenoxy) is 2. The van der Waals surface area contributed by atoms with Crippen molar-refractivity contribution in [3.8, 4) is 17.1 Å². The third-order valence-electron chi connectivity index (χ3n) is 6.76. The molecule has 0 bridgehead atoms. The number of rotatable bonds is 13. The van der Waals surface area contributed by atoms with Gasteiger partial charge in [0.05, 0.1) is 25.1 Å². The molecule has 2 heterocycles. The molecule has 2 amide bonds. The van der Waals surface area contributed by atoms with Gasteiger partial charge in [0.2, 0.25) is 17.7 Å². The monoisotopic (exact) mass is 565 g/mol. The second-order valence-electron chi connectivity index (χ2n) is 9.67. The van der Waals surface area contributed by atoms with E-state index in [4.69, 9.17) is 9.47 Å². The Kier molecular flexibility index (Phi) is 10.9. The Morgan fingerprint density at radius 3 is 2.29 bits per heavy atom. The van der Waals surface area contributed by atoms with Gasteiger partial charge in [-0.05, 0) is 35.4 Å². The fourth-order valence-corrected chi connectivity index (χ4v) is 4.39. The number of carbonyl (C=O) groups is 2. The Morgan fingerprint density at radius 1 is 0.881 bits per heavy atom. The van der Waals surface area contributed by atoms with Crippen LogP contribution in [0.15, 0.2) is 97.2 Å². The van der Waals surface area contributed by atoms with Gasteiger partial charge < -0.3 is 19.3 Å². The summed E-state index contributed by atoms with van der Waals surface area (Å²) in [4.78, 5) is 35.4. The fourth-order valence-electron chi connectivity index (χ4n) is 4.39. The Balaban J connectivity index is 1.67. The molecule has 0 saturated carbocycles. The van der Waals surface area contributed by atoms with Crippen molar-refractivity contribution in [3.63, 3.8) is 0 Å². The van der Waals surface area contributed by atoms with Crippen molar-refractivity contribution in [2.75, 3.05) is 34.4 Å². The van der Waals surface area contributed by atoms with Gasteiger partial charge in [0.25, 0.3) is 0 Å². The number of hydrogen-bond donors (Lipinski definition) is 0. The van der Waals surface area contributed by atoms with Gasteiger partial charge in [-0.25, -0.2) is 0 Å². The summed E-state index contributed by atoms with van der Waals surface area (Å²) in [5.74, 6) is -0.121. The molecule has 2 aromatic heterocycles. The topological polar surface area (TPSA) is 97.8 Å². The molecule has 42 heavy (non-hydrogen) atoms. The van der Waals surface area contributed by atoms with Gasteiger partial charge in [-0.2, -0.15) is 0 Å². The first-order valence-electron chi connectivity index (χ1n) is 13.6. The van der Waals surface area contributed by atoms with Gasteiger partial charge >= 0.3 is 0 Å². The highest BCUT2D eigenvalue weighted by atomic mass is 16.5. The van der Waals surface area contributed by atoms with Crippen LogP contribution in [-0.4, -0.2) is 77.3 Å². The van der Waals surface area contributed by atoms with Crippen LogP contribution in [-0.2, 0) is 27.3 Å². The minimum atomic E-state index is -0.760. The summed E-state index contributed by atoms with van der Waals surface area (Å²) < 4.78 is 10.3. The summed E-state index contributed by atoms with van der Waals surface area (Å²) in [5, 5.41) is 8.05. The van der Waals surface area contributed by atoms with E-state index in [0.717, 1.165) is 22.4 Å². The molecule has 216 valence electrons. The molecule has 4 rings (SSSR count). The maximum absolute atomic E-state index is 13.9. The number of amides is 2. The first-order valence-corrected chi connectivity index (χ1v) is 13.6. The molecule has 1 atom stereocenters. The van der Waals surface area contributed by atoms with Crippen LogP contribution in [0.4, 0.5) is 0 Å². The Morgan fingerprint density at radius 2 is 1.64 bits per heavy atom. The first kappa shape index (κ1) is 30.1. The fraction of sp³-hybridized carbons (Fsp3) is 0.242. The zero-order valence-electron chi connectivity index (χ0n) is 24.1. The zero-order valence-corrected chi connectivity index (χ0v) is 24.1. The van der Waals surface area contributed by atoms with Crippen LogP contribution in [0.3, 0.4) is 0 Å². The lowest BCUT2D eigenvalue weighted by Gasteiger charge is -2.33. The second kappa shape index (κ2) is 15.2. The summed E-state index contributed by atoms with van der Waals surface area (Å²) >= 11 is 0. The Hall–Kier alpha value is -4.89. The van der Waals surface area contributed by atoms with Gasteiger partial charge in [0, 0.05) is 57.6 Å². The van der Waals surface area contributed by atoms with E-state index in [1.807, 2.05) is 72.8 Å². The highest BCUT2D eigenvalue weighted by Crippen LogP contribution is 2.21. The normalized spacial score (nSPS) is 11.7. The van der Waals surface area contributed by atoms with Crippen LogP contribution in [0.5, 0.6) is 5.88 Å². The van der Waals surface area contributed by atoms with Crippen molar-refractivity contribution in [2.24, 2.45) is 0 Å². The van der Waals surface area contributed by atoms with Gasteiger partial charge in [0.15, 0.2) is 0 Å². The smallest absolute Gasteiger partial charge is 0.247 e. The van der Waals surface area contributed by atoms with Crippen LogP contribution in [0, 0.1) is 0 Å². The zero-order chi connectivity index (χ0) is 29.7. The van der Waals surface area contributed by atoms with Crippen LogP contribution in [0.25, 0.3) is 17.3 Å². The number of likely N-dealkylation sites (N-methyl/N-ethyl adjacent to an activating group) is 1. The largest absolute Gasteiger partial charge is 0.480 e. The SMILES string of the molecule is COCCN(C)C(=O)[C@H](Cc1ccccc1)N(Cc1ccc(-c2ccccn2)cc1)C(=O)/C=C/c1ccc(OC)nn1. The second-order valence-corrected chi connectivity index (χ2v) is 9.67. The highest BCUT2D eigenvalue weighted by molar-refractivity contribution is 5.95. The summed E-state index contributed by atoms with van der Waals surface area (Å²) in [6.45, 7) is 1.01. The lowest BCUT2D eigenvalue weighted by atomic mass is 10.0. The molecule has 9 heteroatoms. The molecule has 0 unspecified atom stereocenters. The van der Waals surface area contributed by atoms with Crippen molar-refractivity contribution in [3.05, 3.63) is 114 Å². The maximum atomic E-state index is 13.9. The van der Waals surface area contributed by atoms with Crippen LogP contribution >= 0.6 is 0 Å². The van der Waals surface area contributed by atoms with E-state index in [9.17, 15) is 9.59 Å². The van der Waals surface area contributed by atoms with E-state index in [1.165, 1.54) is 13.2 Å². The van der Waals surface area contributed by atoms with E-state index in [2.05, 4.69) is 15.2 Å². The molecular weight excluding hydrogens is 530 g/mol. The summed E-state index contributed by atoms with van der Waals surface area (Å²) in [6.07, 6.45) is 5.12. The molecule has 0 saturated heterocycles. The Labute approximate surface area is 246 Å². The lowest BCUT2D eigenvalue weighted by molar-refractivity contribution is -0.143. The minimum Gasteiger partial charge on any atom is -0.480 e. The van der Waals surface area contributed by atoms with Gasteiger partial charge in [-0.15, -0.1) is 10.2 Å². The quantitative estimate of drug-likeness (QED) is 0.223. The predicted octanol–water partition coefficient (Wildman–Crippen LogP) is 4.31. The number of carbonyl (C=O) groups excluding carboxylic acids is 2. The van der Waals surface area contributed by atoms with Crippen molar-refractivity contribution in [2.45, 2.75) is 19.0 Å². The van der Waals surface area contributed by atoms with E-state index >= 15 is 0 Å². The number of pyridine rings is 1. The van der Waals surface area contributed by atoms with Gasteiger partial charge in [-0.3, -0.25) is 14.6 Å². The van der Waals surface area contributed by atoms with Crippen molar-refractivity contribution < 1.29 is 19.1 Å². The van der Waals surface area contributed by atoms with Gasteiger partial charge in [-0.1, -0.05) is 60.7 Å². The van der Waals surface area contributed by atoms with Crippen molar-refractivity contribution in [1.29, 1.82) is 0 Å². The van der Waals surface area contributed by atoms with E-state index < -0.39 is 6.04 Å². The molecule has 9 nitrogen and oxygen atoms in total. The van der Waals surface area contributed by atoms with E-state index in [0.29, 0.717) is 31.1 Å². The summed E-state index contributed by atoms with van der Waals surface area (Å²) in [5.41, 5.74) is 4.14. The van der Waals surface area contributed by atoms with Crippen LogP contribution in [0.1, 0.15) is 16.8 Å². The molecule has 0 spiro atoms. The molecule has 0 aliphatic carbocycles. The third-order valence-corrected chi connectivity index (χ3v) is 6.76. The maximum Gasteiger partial charge on any atom is 0.247 e. The molecule has 0 aliphatic rings. The predicted molar refractivity (Wildman–Crippen MR) is 161 cm³/mol. The molecule has 2 aromatic carbocycles. The molecule has 0 N–H and O–H groups in total.